The minimum absolute atomic E-state index is 0.118. The van der Waals surface area contributed by atoms with Crippen molar-refractivity contribution in [3.63, 3.8) is 0 Å². The second kappa shape index (κ2) is 7.81. The molecule has 7 nitrogen and oxygen atoms in total. The Morgan fingerprint density at radius 2 is 2.12 bits per heavy atom. The first kappa shape index (κ1) is 17.8. The first-order chi connectivity index (χ1) is 11.4. The highest BCUT2D eigenvalue weighted by molar-refractivity contribution is 5.74. The summed E-state index contributed by atoms with van der Waals surface area (Å²) >= 11 is 0. The second-order valence-corrected chi connectivity index (χ2v) is 5.83. The van der Waals surface area contributed by atoms with Crippen molar-refractivity contribution in [3.05, 3.63) is 41.0 Å². The van der Waals surface area contributed by atoms with Crippen molar-refractivity contribution in [2.45, 2.75) is 39.7 Å². The number of methoxy groups -OCH3 is 1. The number of carbonyl (C=O) groups is 1. The van der Waals surface area contributed by atoms with Gasteiger partial charge in [-0.25, -0.2) is 4.79 Å². The molecule has 0 fully saturated rings. The lowest BCUT2D eigenvalue weighted by Gasteiger charge is -2.18. The number of nitrogens with one attached hydrogen (secondary N) is 2. The van der Waals surface area contributed by atoms with Gasteiger partial charge >= 0.3 is 6.03 Å². The zero-order valence-electron chi connectivity index (χ0n) is 14.7. The van der Waals surface area contributed by atoms with Gasteiger partial charge in [-0.15, -0.1) is 0 Å². The van der Waals surface area contributed by atoms with E-state index in [1.165, 1.54) is 0 Å². The van der Waals surface area contributed by atoms with Crippen molar-refractivity contribution in [2.75, 3.05) is 13.7 Å². The zero-order chi connectivity index (χ0) is 17.7. The Kier molecular flexibility index (Phi) is 5.78. The van der Waals surface area contributed by atoms with Crippen molar-refractivity contribution < 1.29 is 14.1 Å². The van der Waals surface area contributed by atoms with Crippen molar-refractivity contribution in [3.8, 4) is 5.75 Å². The van der Waals surface area contributed by atoms with E-state index in [0.29, 0.717) is 12.3 Å². The van der Waals surface area contributed by atoms with Gasteiger partial charge in [0.1, 0.15) is 11.5 Å². The number of urea groups is 1. The van der Waals surface area contributed by atoms with Gasteiger partial charge in [-0.2, -0.15) is 0 Å². The van der Waals surface area contributed by atoms with E-state index in [4.69, 9.17) is 9.26 Å². The van der Waals surface area contributed by atoms with Crippen molar-refractivity contribution in [1.29, 1.82) is 0 Å². The molecule has 0 saturated carbocycles. The predicted octanol–water partition coefficient (Wildman–Crippen LogP) is 2.86. The van der Waals surface area contributed by atoms with Crippen LogP contribution < -0.4 is 15.4 Å². The molecule has 130 valence electrons. The van der Waals surface area contributed by atoms with E-state index in [9.17, 15) is 4.79 Å². The Morgan fingerprint density at radius 1 is 1.38 bits per heavy atom. The average Bonchev–Trinajstić information content (AvgIpc) is 2.91. The van der Waals surface area contributed by atoms with Gasteiger partial charge in [0.15, 0.2) is 0 Å². The molecule has 2 aromatic rings. The van der Waals surface area contributed by atoms with Gasteiger partial charge in [-0.3, -0.25) is 4.98 Å². The summed E-state index contributed by atoms with van der Waals surface area (Å²) in [6.45, 7) is 8.20. The van der Waals surface area contributed by atoms with Gasteiger partial charge in [0.25, 0.3) is 0 Å². The highest BCUT2D eigenvalue weighted by atomic mass is 16.5. The Bertz CT molecular complexity index is 679. The maximum atomic E-state index is 12.2. The van der Waals surface area contributed by atoms with Gasteiger partial charge < -0.3 is 19.9 Å². The van der Waals surface area contributed by atoms with Gasteiger partial charge in [-0.1, -0.05) is 12.1 Å². The van der Waals surface area contributed by atoms with Crippen LogP contribution in [-0.2, 0) is 0 Å². The van der Waals surface area contributed by atoms with Crippen LogP contribution in [-0.4, -0.2) is 29.8 Å². The molecule has 2 atom stereocenters. The van der Waals surface area contributed by atoms with Crippen LogP contribution in [0.3, 0.4) is 0 Å². The third-order valence-electron chi connectivity index (χ3n) is 4.00. The van der Waals surface area contributed by atoms with Crippen LogP contribution in [0.5, 0.6) is 5.75 Å². The zero-order valence-corrected chi connectivity index (χ0v) is 14.7. The molecule has 24 heavy (non-hydrogen) atoms. The van der Waals surface area contributed by atoms with Crippen LogP contribution in [0.4, 0.5) is 4.79 Å². The molecular weight excluding hydrogens is 308 g/mol. The number of nitrogens with zero attached hydrogens (tertiary/aromatic N) is 2. The number of hydrogen-bond donors (Lipinski definition) is 2. The lowest BCUT2D eigenvalue weighted by Crippen LogP contribution is -2.38. The minimum atomic E-state index is -0.236. The molecule has 0 spiro atoms. The molecule has 2 rings (SSSR count). The second-order valence-electron chi connectivity index (χ2n) is 5.83. The Labute approximate surface area is 141 Å². The monoisotopic (exact) mass is 332 g/mol. The summed E-state index contributed by atoms with van der Waals surface area (Å²) in [5.74, 6) is 1.55. The van der Waals surface area contributed by atoms with Crippen LogP contribution in [0.25, 0.3) is 0 Å². The molecule has 2 heterocycles. The quantitative estimate of drug-likeness (QED) is 0.849. The number of pyridine rings is 1. The number of carbonyl (C=O) groups excluding carboxylic acids is 1. The highest BCUT2D eigenvalue weighted by Crippen LogP contribution is 2.24. The van der Waals surface area contributed by atoms with Crippen molar-refractivity contribution in [1.82, 2.24) is 20.8 Å². The Morgan fingerprint density at radius 3 is 2.75 bits per heavy atom. The summed E-state index contributed by atoms with van der Waals surface area (Å²) in [4.78, 5) is 16.2. The fourth-order valence-corrected chi connectivity index (χ4v) is 2.79. The minimum Gasteiger partial charge on any atom is -0.495 e. The van der Waals surface area contributed by atoms with E-state index in [0.717, 1.165) is 22.6 Å². The molecule has 0 aliphatic rings. The lowest BCUT2D eigenvalue weighted by molar-refractivity contribution is 0.237. The van der Waals surface area contributed by atoms with Crippen LogP contribution >= 0.6 is 0 Å². The van der Waals surface area contributed by atoms with Crippen LogP contribution in [0.2, 0.25) is 0 Å². The summed E-state index contributed by atoms with van der Waals surface area (Å²) in [5, 5.41) is 9.74. The SMILES string of the molecule is COc1cnccc1[C@H](C)NC(=O)NC[C@@H](C)c1c(C)noc1C. The molecule has 0 unspecified atom stereocenters. The molecule has 0 bridgehead atoms. The standard InChI is InChI=1S/C17H24N4O3/c1-10(16-12(3)21-24-13(16)4)8-19-17(22)20-11(2)14-6-7-18-9-15(14)23-5/h6-7,9-11H,8H2,1-5H3,(H2,19,20,22)/t10-,11+/m1/s1. The third-order valence-corrected chi connectivity index (χ3v) is 4.00. The maximum Gasteiger partial charge on any atom is 0.315 e. The number of aryl methyl sites for hydroxylation is 2. The number of amides is 2. The molecule has 2 amide bonds. The average molecular weight is 332 g/mol. The van der Waals surface area contributed by atoms with Crippen LogP contribution in [0, 0.1) is 13.8 Å². The normalized spacial score (nSPS) is 13.2. The molecule has 0 aromatic carbocycles. The van der Waals surface area contributed by atoms with E-state index in [2.05, 4.69) is 20.8 Å². The first-order valence-electron chi connectivity index (χ1n) is 7.89. The fraction of sp³-hybridized carbons (Fsp3) is 0.471. The first-order valence-corrected chi connectivity index (χ1v) is 7.89. The molecule has 2 N–H and O–H groups in total. The van der Waals surface area contributed by atoms with Crippen LogP contribution in [0.15, 0.2) is 23.0 Å². The van der Waals surface area contributed by atoms with Crippen molar-refractivity contribution >= 4 is 6.03 Å². The number of aromatic nitrogens is 2. The summed E-state index contributed by atoms with van der Waals surface area (Å²) in [7, 11) is 1.58. The van der Waals surface area contributed by atoms with Gasteiger partial charge in [0.2, 0.25) is 0 Å². The molecule has 0 saturated heterocycles. The summed E-state index contributed by atoms with van der Waals surface area (Å²) < 4.78 is 10.4. The Balaban J connectivity index is 1.91. The Hall–Kier alpha value is -2.57. The maximum absolute atomic E-state index is 12.2. The van der Waals surface area contributed by atoms with E-state index in [1.54, 1.807) is 19.5 Å². The fourth-order valence-electron chi connectivity index (χ4n) is 2.79. The number of ether oxygens (including phenoxy) is 1. The number of hydrogen-bond acceptors (Lipinski definition) is 5. The van der Waals surface area contributed by atoms with Crippen LogP contribution in [0.1, 0.15) is 48.4 Å². The van der Waals surface area contributed by atoms with Gasteiger partial charge in [0, 0.05) is 29.8 Å². The molecule has 0 aliphatic carbocycles. The predicted molar refractivity (Wildman–Crippen MR) is 90.1 cm³/mol. The third kappa shape index (κ3) is 4.04. The van der Waals surface area contributed by atoms with E-state index < -0.39 is 0 Å². The summed E-state index contributed by atoms with van der Waals surface area (Å²) in [6, 6.07) is 1.40. The molecule has 2 aromatic heterocycles. The summed E-state index contributed by atoms with van der Waals surface area (Å²) in [6.07, 6.45) is 3.30. The topological polar surface area (TPSA) is 89.3 Å². The van der Waals surface area contributed by atoms with Gasteiger partial charge in [0.05, 0.1) is 25.0 Å². The highest BCUT2D eigenvalue weighted by Gasteiger charge is 2.18. The van der Waals surface area contributed by atoms with E-state index in [1.807, 2.05) is 33.8 Å². The molecule has 0 aliphatic heterocycles. The molecule has 0 radical (unpaired) electrons. The summed E-state index contributed by atoms with van der Waals surface area (Å²) in [5.41, 5.74) is 2.78. The van der Waals surface area contributed by atoms with Crippen molar-refractivity contribution in [2.24, 2.45) is 0 Å². The van der Waals surface area contributed by atoms with E-state index in [-0.39, 0.29) is 18.0 Å². The lowest BCUT2D eigenvalue weighted by atomic mass is 10.00. The smallest absolute Gasteiger partial charge is 0.315 e. The number of rotatable bonds is 6. The van der Waals surface area contributed by atoms with E-state index >= 15 is 0 Å². The largest absolute Gasteiger partial charge is 0.495 e. The van der Waals surface area contributed by atoms with Gasteiger partial charge in [-0.05, 0) is 26.8 Å². The molecular formula is C17H24N4O3. The molecule has 7 heteroatoms.